The summed E-state index contributed by atoms with van der Waals surface area (Å²) in [7, 11) is 0. The van der Waals surface area contributed by atoms with Crippen molar-refractivity contribution in [3.8, 4) is 0 Å². The molecule has 0 aromatic carbocycles. The molecule has 8 heteroatoms. The van der Waals surface area contributed by atoms with Crippen LogP contribution in [0.15, 0.2) is 18.5 Å². The van der Waals surface area contributed by atoms with Gasteiger partial charge in [0, 0.05) is 32.0 Å². The summed E-state index contributed by atoms with van der Waals surface area (Å²) < 4.78 is 4.81. The van der Waals surface area contributed by atoms with Crippen LogP contribution >= 0.6 is 0 Å². The van der Waals surface area contributed by atoms with Crippen molar-refractivity contribution in [3.05, 3.63) is 18.5 Å². The van der Waals surface area contributed by atoms with E-state index in [4.69, 9.17) is 4.74 Å². The first-order valence-corrected chi connectivity index (χ1v) is 7.93. The maximum Gasteiger partial charge on any atom is 0.410 e. The van der Waals surface area contributed by atoms with Gasteiger partial charge in [-0.25, -0.2) is 14.8 Å². The summed E-state index contributed by atoms with van der Waals surface area (Å²) in [5, 5.41) is 2.92. The van der Waals surface area contributed by atoms with Crippen molar-refractivity contribution in [1.82, 2.24) is 20.2 Å². The molecule has 1 aromatic heterocycles. The average Bonchev–Trinajstić information content (AvgIpc) is 2.99. The smallest absolute Gasteiger partial charge is 0.410 e. The van der Waals surface area contributed by atoms with E-state index < -0.39 is 6.09 Å². The summed E-state index contributed by atoms with van der Waals surface area (Å²) in [6.07, 6.45) is 5.18. The molecule has 1 atom stereocenters. The van der Waals surface area contributed by atoms with E-state index in [0.29, 0.717) is 25.6 Å². The van der Waals surface area contributed by atoms with Crippen LogP contribution in [0.5, 0.6) is 0 Å². The molecule has 3 heterocycles. The molecule has 3 rings (SSSR count). The van der Waals surface area contributed by atoms with Crippen LogP contribution in [0.4, 0.5) is 10.7 Å². The zero-order chi connectivity index (χ0) is 16.1. The van der Waals surface area contributed by atoms with E-state index >= 15 is 0 Å². The van der Waals surface area contributed by atoms with Crippen molar-refractivity contribution in [3.63, 3.8) is 0 Å². The first kappa shape index (κ1) is 15.5. The lowest BCUT2D eigenvalue weighted by molar-refractivity contribution is -0.121. The number of cyclic esters (lactones) is 1. The third-order valence-corrected chi connectivity index (χ3v) is 4.12. The highest BCUT2D eigenvalue weighted by atomic mass is 16.6. The summed E-state index contributed by atoms with van der Waals surface area (Å²) in [5.74, 6) is 0.960. The van der Waals surface area contributed by atoms with Gasteiger partial charge >= 0.3 is 6.09 Å². The average molecular weight is 319 g/mol. The van der Waals surface area contributed by atoms with Crippen LogP contribution in [0, 0.1) is 5.92 Å². The zero-order valence-electron chi connectivity index (χ0n) is 13.0. The molecule has 0 aliphatic carbocycles. The third-order valence-electron chi connectivity index (χ3n) is 4.12. The number of rotatable bonds is 5. The molecule has 23 heavy (non-hydrogen) atoms. The molecule has 2 fully saturated rings. The lowest BCUT2D eigenvalue weighted by Gasteiger charge is -2.32. The Morgan fingerprint density at radius 1 is 1.35 bits per heavy atom. The molecule has 0 saturated carbocycles. The lowest BCUT2D eigenvalue weighted by Crippen LogP contribution is -2.44. The Morgan fingerprint density at radius 3 is 2.91 bits per heavy atom. The van der Waals surface area contributed by atoms with Crippen LogP contribution < -0.4 is 10.2 Å². The highest BCUT2D eigenvalue weighted by Crippen LogP contribution is 2.19. The Morgan fingerprint density at radius 2 is 2.17 bits per heavy atom. The predicted octanol–water partition coefficient (Wildman–Crippen LogP) is 0.261. The quantitative estimate of drug-likeness (QED) is 0.838. The molecule has 2 saturated heterocycles. The Balaban J connectivity index is 1.44. The lowest BCUT2D eigenvalue weighted by atomic mass is 9.98. The van der Waals surface area contributed by atoms with Gasteiger partial charge in [-0.3, -0.25) is 9.69 Å². The van der Waals surface area contributed by atoms with Gasteiger partial charge in [-0.2, -0.15) is 0 Å². The van der Waals surface area contributed by atoms with Gasteiger partial charge in [0.25, 0.3) is 0 Å². The first-order valence-electron chi connectivity index (χ1n) is 7.93. The topological polar surface area (TPSA) is 87.7 Å². The summed E-state index contributed by atoms with van der Waals surface area (Å²) >= 11 is 0. The van der Waals surface area contributed by atoms with Crippen molar-refractivity contribution in [2.45, 2.75) is 12.8 Å². The van der Waals surface area contributed by atoms with Gasteiger partial charge in [0.05, 0.1) is 6.54 Å². The minimum Gasteiger partial charge on any atom is -0.448 e. The van der Waals surface area contributed by atoms with Crippen LogP contribution in [0.25, 0.3) is 0 Å². The monoisotopic (exact) mass is 319 g/mol. The summed E-state index contributed by atoms with van der Waals surface area (Å²) in [5.41, 5.74) is 0. The SMILES string of the molecule is O=C(CN1CCOC1=O)NC[C@H]1CCCN(c2ncccn2)C1. The molecule has 1 aromatic rings. The molecule has 2 aliphatic rings. The number of aromatic nitrogens is 2. The Labute approximate surface area is 134 Å². The summed E-state index contributed by atoms with van der Waals surface area (Å²) in [6.45, 7) is 3.28. The fourth-order valence-electron chi connectivity index (χ4n) is 2.92. The number of hydrogen-bond donors (Lipinski definition) is 1. The van der Waals surface area contributed by atoms with E-state index in [1.54, 1.807) is 18.5 Å². The second-order valence-corrected chi connectivity index (χ2v) is 5.84. The number of carbonyl (C=O) groups excluding carboxylic acids is 2. The van der Waals surface area contributed by atoms with Gasteiger partial charge < -0.3 is 15.0 Å². The van der Waals surface area contributed by atoms with Gasteiger partial charge in [0.2, 0.25) is 11.9 Å². The van der Waals surface area contributed by atoms with E-state index in [2.05, 4.69) is 20.2 Å². The van der Waals surface area contributed by atoms with E-state index in [9.17, 15) is 9.59 Å². The summed E-state index contributed by atoms with van der Waals surface area (Å²) in [4.78, 5) is 35.4. The zero-order valence-corrected chi connectivity index (χ0v) is 13.0. The van der Waals surface area contributed by atoms with Gasteiger partial charge in [0.15, 0.2) is 0 Å². The molecule has 0 spiro atoms. The van der Waals surface area contributed by atoms with Crippen LogP contribution in [0.1, 0.15) is 12.8 Å². The molecule has 124 valence electrons. The van der Waals surface area contributed by atoms with E-state index in [0.717, 1.165) is 31.9 Å². The number of anilines is 1. The Hall–Kier alpha value is -2.38. The van der Waals surface area contributed by atoms with Gasteiger partial charge in [-0.05, 0) is 24.8 Å². The Kier molecular flexibility index (Phi) is 4.89. The molecule has 1 N–H and O–H groups in total. The number of nitrogens with one attached hydrogen (secondary N) is 1. The maximum absolute atomic E-state index is 11.9. The van der Waals surface area contributed by atoms with Crippen molar-refractivity contribution >= 4 is 17.9 Å². The van der Waals surface area contributed by atoms with E-state index in [1.807, 2.05) is 0 Å². The van der Waals surface area contributed by atoms with Gasteiger partial charge in [0.1, 0.15) is 13.2 Å². The van der Waals surface area contributed by atoms with Crippen LogP contribution in [-0.4, -0.2) is 66.2 Å². The van der Waals surface area contributed by atoms with Crippen molar-refractivity contribution in [1.29, 1.82) is 0 Å². The van der Waals surface area contributed by atoms with Gasteiger partial charge in [-0.15, -0.1) is 0 Å². The Bertz CT molecular complexity index is 553. The highest BCUT2D eigenvalue weighted by molar-refractivity contribution is 5.82. The van der Waals surface area contributed by atoms with Crippen molar-refractivity contribution in [2.24, 2.45) is 5.92 Å². The molecular formula is C15H21N5O3. The minimum absolute atomic E-state index is 0.0665. The number of carbonyl (C=O) groups is 2. The van der Waals surface area contributed by atoms with Crippen LogP contribution in [0.3, 0.4) is 0 Å². The third kappa shape index (κ3) is 4.08. The minimum atomic E-state index is -0.412. The molecule has 2 aliphatic heterocycles. The normalized spacial score (nSPS) is 21.2. The standard InChI is InChI=1S/C15H21N5O3/c21-13(11-20-7-8-23-15(20)22)18-9-12-3-1-6-19(10-12)14-16-4-2-5-17-14/h2,4-5,12H,1,3,6-11H2,(H,18,21)/t12-/m1/s1. The van der Waals surface area contributed by atoms with E-state index in [-0.39, 0.29) is 12.5 Å². The number of piperidine rings is 1. The van der Waals surface area contributed by atoms with Crippen LogP contribution in [-0.2, 0) is 9.53 Å². The van der Waals surface area contributed by atoms with Gasteiger partial charge in [-0.1, -0.05) is 0 Å². The summed E-state index contributed by atoms with van der Waals surface area (Å²) in [6, 6.07) is 1.80. The van der Waals surface area contributed by atoms with Crippen molar-refractivity contribution in [2.75, 3.05) is 44.2 Å². The number of ether oxygens (including phenoxy) is 1. The maximum atomic E-state index is 11.9. The molecule has 8 nitrogen and oxygen atoms in total. The van der Waals surface area contributed by atoms with Crippen LogP contribution in [0.2, 0.25) is 0 Å². The van der Waals surface area contributed by atoms with E-state index in [1.165, 1.54) is 4.90 Å². The largest absolute Gasteiger partial charge is 0.448 e. The number of nitrogens with zero attached hydrogens (tertiary/aromatic N) is 4. The first-order chi connectivity index (χ1) is 11.2. The predicted molar refractivity (Wildman–Crippen MR) is 82.9 cm³/mol. The second kappa shape index (κ2) is 7.26. The molecule has 2 amide bonds. The number of amides is 2. The highest BCUT2D eigenvalue weighted by Gasteiger charge is 2.25. The molecular weight excluding hydrogens is 298 g/mol. The second-order valence-electron chi connectivity index (χ2n) is 5.84. The fourth-order valence-corrected chi connectivity index (χ4v) is 2.92. The fraction of sp³-hybridized carbons (Fsp3) is 0.600. The number of hydrogen-bond acceptors (Lipinski definition) is 6. The molecule has 0 radical (unpaired) electrons. The molecule has 0 unspecified atom stereocenters. The van der Waals surface area contributed by atoms with Crippen molar-refractivity contribution < 1.29 is 14.3 Å². The molecule has 0 bridgehead atoms.